The first kappa shape index (κ1) is 22.1. The van der Waals surface area contributed by atoms with E-state index < -0.39 is 0 Å². The van der Waals surface area contributed by atoms with Crippen molar-refractivity contribution in [3.63, 3.8) is 0 Å². The van der Waals surface area contributed by atoms with E-state index in [0.717, 1.165) is 35.4 Å². The fourth-order valence-corrected chi connectivity index (χ4v) is 4.28. The summed E-state index contributed by atoms with van der Waals surface area (Å²) in [6.07, 6.45) is 1.90. The van der Waals surface area contributed by atoms with E-state index in [1.165, 1.54) is 0 Å². The molecule has 1 saturated carbocycles. The maximum Gasteiger partial charge on any atom is 0.319 e. The van der Waals surface area contributed by atoms with E-state index in [1.54, 1.807) is 4.90 Å². The Labute approximate surface area is 197 Å². The normalized spacial score (nSPS) is 19.4. The molecular weight excluding hydrogens is 434 g/mol. The van der Waals surface area contributed by atoms with E-state index in [4.69, 9.17) is 20.0 Å². The molecular formula is C24H27N7O3. The average molecular weight is 462 g/mol. The van der Waals surface area contributed by atoms with Gasteiger partial charge in [0.05, 0.1) is 49.8 Å². The van der Waals surface area contributed by atoms with Crippen LogP contribution in [0, 0.1) is 11.3 Å². The number of benzene rings is 1. The Bertz CT molecular complexity index is 1140. The van der Waals surface area contributed by atoms with E-state index in [9.17, 15) is 9.59 Å². The van der Waals surface area contributed by atoms with Gasteiger partial charge >= 0.3 is 6.03 Å². The molecule has 0 bridgehead atoms. The lowest BCUT2D eigenvalue weighted by Gasteiger charge is -2.33. The molecule has 0 spiro atoms. The zero-order chi connectivity index (χ0) is 23.7. The Balaban J connectivity index is 1.45. The zero-order valence-corrected chi connectivity index (χ0v) is 19.1. The summed E-state index contributed by atoms with van der Waals surface area (Å²) in [5.74, 6) is 0.402. The summed E-state index contributed by atoms with van der Waals surface area (Å²) >= 11 is 0. The summed E-state index contributed by atoms with van der Waals surface area (Å²) in [6, 6.07) is 9.69. The second-order valence-corrected chi connectivity index (χ2v) is 8.95. The van der Waals surface area contributed by atoms with Crippen LogP contribution in [0.3, 0.4) is 0 Å². The van der Waals surface area contributed by atoms with Gasteiger partial charge < -0.3 is 25.2 Å². The van der Waals surface area contributed by atoms with Crippen LogP contribution in [0.1, 0.15) is 37.4 Å². The van der Waals surface area contributed by atoms with E-state index in [1.807, 2.05) is 30.3 Å². The molecule has 1 aliphatic carbocycles. The van der Waals surface area contributed by atoms with Gasteiger partial charge in [-0.3, -0.25) is 4.79 Å². The van der Waals surface area contributed by atoms with Gasteiger partial charge in [0, 0.05) is 29.4 Å². The molecule has 5 rings (SSSR count). The summed E-state index contributed by atoms with van der Waals surface area (Å²) in [5, 5.41) is 14.7. The molecule has 0 unspecified atom stereocenters. The number of amides is 3. The monoisotopic (exact) mass is 461 g/mol. The molecule has 10 heteroatoms. The molecule has 3 heterocycles. The number of fused-ring (bicyclic) bond motifs is 1. The third-order valence-corrected chi connectivity index (χ3v) is 6.31. The van der Waals surface area contributed by atoms with Crippen LogP contribution < -0.4 is 15.5 Å². The van der Waals surface area contributed by atoms with Gasteiger partial charge in [-0.25, -0.2) is 14.8 Å². The van der Waals surface area contributed by atoms with Gasteiger partial charge in [0.1, 0.15) is 6.42 Å². The quantitative estimate of drug-likeness (QED) is 0.701. The average Bonchev–Trinajstić information content (AvgIpc) is 3.53. The van der Waals surface area contributed by atoms with Crippen LogP contribution in [0.25, 0.3) is 11.3 Å². The van der Waals surface area contributed by atoms with Crippen molar-refractivity contribution in [1.29, 1.82) is 5.26 Å². The van der Waals surface area contributed by atoms with E-state index >= 15 is 0 Å². The van der Waals surface area contributed by atoms with Crippen molar-refractivity contribution in [1.82, 2.24) is 20.2 Å². The molecule has 176 valence electrons. The second kappa shape index (κ2) is 9.27. The third-order valence-electron chi connectivity index (χ3n) is 6.31. The van der Waals surface area contributed by atoms with Gasteiger partial charge in [-0.05, 0) is 31.9 Å². The highest BCUT2D eigenvalue weighted by Crippen LogP contribution is 2.33. The zero-order valence-electron chi connectivity index (χ0n) is 19.1. The van der Waals surface area contributed by atoms with Crippen LogP contribution in [0.2, 0.25) is 0 Å². The lowest BCUT2D eigenvalue weighted by atomic mass is 10.1. The van der Waals surface area contributed by atoms with Crippen molar-refractivity contribution in [2.75, 3.05) is 30.0 Å². The number of carbonyl (C=O) groups is 2. The Morgan fingerprint density at radius 1 is 1.21 bits per heavy atom. The molecule has 3 aliphatic rings. The summed E-state index contributed by atoms with van der Waals surface area (Å²) in [5.41, 5.74) is 4.03. The van der Waals surface area contributed by atoms with Gasteiger partial charge in [0.15, 0.2) is 0 Å². The molecule has 34 heavy (non-hydrogen) atoms. The number of rotatable bonds is 5. The topological polar surface area (TPSA) is 123 Å². The van der Waals surface area contributed by atoms with Crippen LogP contribution in [-0.4, -0.2) is 58.6 Å². The smallest absolute Gasteiger partial charge is 0.319 e. The molecule has 0 radical (unpaired) electrons. The van der Waals surface area contributed by atoms with Crippen molar-refractivity contribution in [3.8, 4) is 17.3 Å². The molecule has 1 aromatic carbocycles. The van der Waals surface area contributed by atoms with E-state index in [2.05, 4.69) is 22.5 Å². The molecule has 2 N–H and O–H groups in total. The van der Waals surface area contributed by atoms with Crippen LogP contribution >= 0.6 is 0 Å². The largest absolute Gasteiger partial charge is 0.377 e. The number of nitriles is 1. The van der Waals surface area contributed by atoms with Gasteiger partial charge in [0.2, 0.25) is 11.9 Å². The number of nitrogens with zero attached hydrogens (tertiary/aromatic N) is 5. The van der Waals surface area contributed by atoms with Gasteiger partial charge in [-0.15, -0.1) is 0 Å². The molecule has 2 fully saturated rings. The van der Waals surface area contributed by atoms with Crippen LogP contribution in [0.15, 0.2) is 24.3 Å². The van der Waals surface area contributed by atoms with Crippen LogP contribution in [0.4, 0.5) is 16.4 Å². The lowest BCUT2D eigenvalue weighted by molar-refractivity contribution is -0.130. The van der Waals surface area contributed by atoms with Crippen molar-refractivity contribution in [2.45, 2.75) is 51.4 Å². The fraction of sp³-hybridized carbons (Fsp3) is 0.458. The Morgan fingerprint density at radius 2 is 2.00 bits per heavy atom. The Kier molecular flexibility index (Phi) is 6.02. The molecule has 2 aromatic rings. The second-order valence-electron chi connectivity index (χ2n) is 8.95. The predicted molar refractivity (Wildman–Crippen MR) is 125 cm³/mol. The molecule has 1 atom stereocenters. The molecule has 3 amide bonds. The maximum absolute atomic E-state index is 12.4. The number of ether oxygens (including phenoxy) is 1. The third kappa shape index (κ3) is 4.65. The van der Waals surface area contributed by atoms with Gasteiger partial charge in [-0.1, -0.05) is 12.1 Å². The SMILES string of the molecule is C[C@H]1COCCN1c1nc2c(c(-c3ccc(NC(=O)NC4CC4)cc3)n1)CN(C(=O)CC#N)C2. The molecule has 10 nitrogen and oxygen atoms in total. The highest BCUT2D eigenvalue weighted by atomic mass is 16.5. The number of nitrogens with one attached hydrogen (secondary N) is 2. The minimum atomic E-state index is -0.214. The highest BCUT2D eigenvalue weighted by molar-refractivity contribution is 5.90. The fourth-order valence-electron chi connectivity index (χ4n) is 4.28. The first-order valence-electron chi connectivity index (χ1n) is 11.6. The highest BCUT2D eigenvalue weighted by Gasteiger charge is 2.31. The number of morpholine rings is 1. The van der Waals surface area contributed by atoms with Gasteiger partial charge in [0.25, 0.3) is 0 Å². The minimum Gasteiger partial charge on any atom is -0.377 e. The summed E-state index contributed by atoms with van der Waals surface area (Å²) in [6.45, 7) is 4.70. The maximum atomic E-state index is 12.4. The number of hydrogen-bond donors (Lipinski definition) is 2. The van der Waals surface area contributed by atoms with Crippen molar-refractivity contribution in [2.24, 2.45) is 0 Å². The number of carbonyl (C=O) groups excluding carboxylic acids is 2. The van der Waals surface area contributed by atoms with E-state index in [-0.39, 0.29) is 30.4 Å². The Morgan fingerprint density at radius 3 is 2.71 bits per heavy atom. The first-order chi connectivity index (χ1) is 16.5. The number of anilines is 2. The molecule has 2 aliphatic heterocycles. The minimum absolute atomic E-state index is 0.133. The predicted octanol–water partition coefficient (Wildman–Crippen LogP) is 2.41. The number of aromatic nitrogens is 2. The Hall–Kier alpha value is -3.71. The van der Waals surface area contributed by atoms with Crippen molar-refractivity contribution >= 4 is 23.6 Å². The van der Waals surface area contributed by atoms with E-state index in [0.29, 0.717) is 44.5 Å². The number of hydrogen-bond acceptors (Lipinski definition) is 7. The molecule has 1 aromatic heterocycles. The van der Waals surface area contributed by atoms with Crippen molar-refractivity contribution < 1.29 is 14.3 Å². The molecule has 1 saturated heterocycles. The van der Waals surface area contributed by atoms with Gasteiger partial charge in [-0.2, -0.15) is 5.26 Å². The van der Waals surface area contributed by atoms with Crippen molar-refractivity contribution in [3.05, 3.63) is 35.5 Å². The van der Waals surface area contributed by atoms with Crippen LogP contribution in [0.5, 0.6) is 0 Å². The lowest BCUT2D eigenvalue weighted by Crippen LogP contribution is -2.44. The first-order valence-corrected chi connectivity index (χ1v) is 11.6. The summed E-state index contributed by atoms with van der Waals surface area (Å²) in [7, 11) is 0. The standard InChI is InChI=1S/C24H27N7O3/c1-15-14-34-11-10-31(15)23-28-20-13-30(21(32)8-9-25)12-19(20)22(29-23)16-2-4-17(5-3-16)26-24(33)27-18-6-7-18/h2-5,15,18H,6-8,10-14H2,1H3,(H2,26,27,33)/t15-/m0/s1. The van der Waals surface area contributed by atoms with Crippen LogP contribution in [-0.2, 0) is 22.6 Å². The number of urea groups is 1. The summed E-state index contributed by atoms with van der Waals surface area (Å²) in [4.78, 5) is 38.0. The summed E-state index contributed by atoms with van der Waals surface area (Å²) < 4.78 is 5.57.